The Bertz CT molecular complexity index is 234. The third kappa shape index (κ3) is 3.31. The molecule has 1 aromatic rings. The topological polar surface area (TPSA) is 34.1 Å². The molecule has 0 saturated heterocycles. The van der Waals surface area contributed by atoms with Crippen LogP contribution < -0.4 is 0 Å². The average molecular weight is 250 g/mol. The van der Waals surface area contributed by atoms with Gasteiger partial charge in [-0.05, 0) is 12.6 Å². The quantitative estimate of drug-likeness (QED) is 0.720. The summed E-state index contributed by atoms with van der Waals surface area (Å²) in [7, 11) is 0. The molecule has 0 bridgehead atoms. The molecule has 1 aromatic carbocycles. The molecule has 0 aromatic heterocycles. The van der Waals surface area contributed by atoms with Crippen molar-refractivity contribution in [2.45, 2.75) is 0 Å². The van der Waals surface area contributed by atoms with Crippen molar-refractivity contribution in [1.29, 1.82) is 0 Å². The van der Waals surface area contributed by atoms with Crippen molar-refractivity contribution in [2.24, 2.45) is 0 Å². The summed E-state index contributed by atoms with van der Waals surface area (Å²) in [4.78, 5) is 20.2. The third-order valence-corrected chi connectivity index (χ3v) is 1.15. The summed E-state index contributed by atoms with van der Waals surface area (Å²) in [6.07, 6.45) is 3.27. The van der Waals surface area contributed by atoms with Gasteiger partial charge in [0.25, 0.3) is 0 Å². The Balaban J connectivity index is 0. The molecular formula is C8H4Co2O2-2. The zero-order valence-electron chi connectivity index (χ0n) is 5.79. The van der Waals surface area contributed by atoms with E-state index in [9.17, 15) is 9.59 Å². The van der Waals surface area contributed by atoms with Gasteiger partial charge in [-0.1, -0.05) is 0 Å². The fraction of sp³-hybridized carbons (Fsp3) is 0. The minimum Gasteiger partial charge on any atom is -0.391 e. The van der Waals surface area contributed by atoms with E-state index in [4.69, 9.17) is 0 Å². The summed E-state index contributed by atoms with van der Waals surface area (Å²) in [6.45, 7) is 0. The number of benzene rings is 1. The maximum absolute atomic E-state index is 10.1. The van der Waals surface area contributed by atoms with Crippen LogP contribution in [0.25, 0.3) is 0 Å². The second-order valence-corrected chi connectivity index (χ2v) is 1.75. The van der Waals surface area contributed by atoms with Crippen LogP contribution in [0.4, 0.5) is 0 Å². The third-order valence-electron chi connectivity index (χ3n) is 1.15. The predicted octanol–water partition coefficient (Wildman–Crippen LogP) is 0.597. The summed E-state index contributed by atoms with van der Waals surface area (Å²) in [5.74, 6) is 0. The number of rotatable bonds is 2. The molecule has 0 N–H and O–H groups in total. The van der Waals surface area contributed by atoms with E-state index >= 15 is 0 Å². The molecule has 0 aliphatic heterocycles. The van der Waals surface area contributed by atoms with Crippen molar-refractivity contribution in [3.63, 3.8) is 0 Å². The van der Waals surface area contributed by atoms with Crippen molar-refractivity contribution in [2.75, 3.05) is 0 Å². The molecule has 2 radical (unpaired) electrons. The largest absolute Gasteiger partial charge is 0.391 e. The Labute approximate surface area is 91.1 Å². The van der Waals surface area contributed by atoms with E-state index in [1.165, 1.54) is 12.1 Å². The van der Waals surface area contributed by atoms with E-state index in [0.29, 0.717) is 0 Å². The molecule has 0 amide bonds. The van der Waals surface area contributed by atoms with Gasteiger partial charge in [0.2, 0.25) is 0 Å². The van der Waals surface area contributed by atoms with Crippen LogP contribution in [0.2, 0.25) is 0 Å². The van der Waals surface area contributed by atoms with E-state index in [2.05, 4.69) is 0 Å². The van der Waals surface area contributed by atoms with Gasteiger partial charge in [0.05, 0.1) is 0 Å². The Kier molecular flexibility index (Phi) is 8.51. The molecule has 0 saturated carbocycles. The normalized spacial score (nSPS) is 7.33. The fourth-order valence-corrected chi connectivity index (χ4v) is 0.661. The van der Waals surface area contributed by atoms with Gasteiger partial charge in [-0.3, -0.25) is 11.1 Å². The first-order valence-electron chi connectivity index (χ1n) is 2.74. The van der Waals surface area contributed by atoms with Crippen molar-refractivity contribution >= 4 is 12.6 Å². The van der Waals surface area contributed by atoms with Crippen molar-refractivity contribution in [3.8, 4) is 0 Å². The van der Waals surface area contributed by atoms with Crippen molar-refractivity contribution in [1.82, 2.24) is 0 Å². The zero-order valence-corrected chi connectivity index (χ0v) is 7.87. The number of hydrogen-bond acceptors (Lipinski definition) is 2. The van der Waals surface area contributed by atoms with E-state index in [0.717, 1.165) is 0 Å². The monoisotopic (exact) mass is 250 g/mol. The van der Waals surface area contributed by atoms with Crippen LogP contribution in [0.5, 0.6) is 0 Å². The number of hydrogen-bond donors (Lipinski definition) is 0. The van der Waals surface area contributed by atoms with Gasteiger partial charge < -0.3 is 9.59 Å². The Morgan fingerprint density at radius 2 is 1.17 bits per heavy atom. The molecule has 0 heterocycles. The summed E-state index contributed by atoms with van der Waals surface area (Å²) in [5, 5.41) is 0. The first kappa shape index (κ1) is 14.1. The Morgan fingerprint density at radius 3 is 1.42 bits per heavy atom. The molecule has 12 heavy (non-hydrogen) atoms. The van der Waals surface area contributed by atoms with Crippen LogP contribution >= 0.6 is 0 Å². The van der Waals surface area contributed by atoms with E-state index < -0.39 is 0 Å². The van der Waals surface area contributed by atoms with Crippen molar-refractivity contribution in [3.05, 3.63) is 35.4 Å². The van der Waals surface area contributed by atoms with Crippen molar-refractivity contribution < 1.29 is 43.1 Å². The van der Waals surface area contributed by atoms with Crippen LogP contribution in [0.15, 0.2) is 24.3 Å². The minimum absolute atomic E-state index is 0. The first-order chi connectivity index (χ1) is 4.88. The standard InChI is InChI=1S/C8H4O2.2Co/c9-5-7-3-1-2-4-8(7)6-10;;/h1-4H;;/q-2;;. The van der Waals surface area contributed by atoms with Gasteiger partial charge in [-0.25, -0.2) is 12.1 Å². The average Bonchev–Trinajstić information content (AvgIpc) is 2.04. The maximum atomic E-state index is 10.1. The Hall–Kier alpha value is -0.427. The second-order valence-electron chi connectivity index (χ2n) is 1.75. The molecule has 0 unspecified atom stereocenters. The van der Waals surface area contributed by atoms with Crippen LogP contribution in [0.3, 0.4) is 0 Å². The van der Waals surface area contributed by atoms with E-state index in [1.807, 2.05) is 0 Å². The summed E-state index contributed by atoms with van der Waals surface area (Å²) < 4.78 is 0. The van der Waals surface area contributed by atoms with Gasteiger partial charge in [-0.2, -0.15) is 0 Å². The molecule has 0 spiro atoms. The van der Waals surface area contributed by atoms with Gasteiger partial charge in [-0.15, -0.1) is 12.1 Å². The molecular weight excluding hydrogens is 246 g/mol. The van der Waals surface area contributed by atoms with E-state index in [-0.39, 0.29) is 44.7 Å². The van der Waals surface area contributed by atoms with Gasteiger partial charge in [0.1, 0.15) is 0 Å². The molecule has 0 atom stereocenters. The van der Waals surface area contributed by atoms with Gasteiger partial charge >= 0.3 is 0 Å². The molecule has 0 aliphatic rings. The van der Waals surface area contributed by atoms with Crippen LogP contribution in [-0.4, -0.2) is 12.6 Å². The molecule has 0 fully saturated rings. The van der Waals surface area contributed by atoms with Gasteiger partial charge in [0.15, 0.2) is 0 Å². The zero-order chi connectivity index (χ0) is 7.40. The summed E-state index contributed by atoms with van der Waals surface area (Å²) in [6, 6.07) is 6.38. The molecule has 1 rings (SSSR count). The first-order valence-corrected chi connectivity index (χ1v) is 2.74. The maximum Gasteiger partial charge on any atom is 0 e. The van der Waals surface area contributed by atoms with Crippen LogP contribution in [-0.2, 0) is 43.1 Å². The van der Waals surface area contributed by atoms with Crippen LogP contribution in [0, 0.1) is 0 Å². The summed E-state index contributed by atoms with van der Waals surface area (Å²) >= 11 is 0. The fourth-order valence-electron chi connectivity index (χ4n) is 0.661. The molecule has 68 valence electrons. The molecule has 4 heteroatoms. The second kappa shape index (κ2) is 7.23. The van der Waals surface area contributed by atoms with Gasteiger partial charge in [0, 0.05) is 33.6 Å². The summed E-state index contributed by atoms with van der Waals surface area (Å²) in [5.41, 5.74) is 0.523. The molecule has 0 aliphatic carbocycles. The predicted molar refractivity (Wildman–Crippen MR) is 36.0 cm³/mol. The SMILES string of the molecule is O=[C-]c1ccccc1[C-]=O.[Co].[Co]. The Morgan fingerprint density at radius 1 is 0.833 bits per heavy atom. The smallest absolute Gasteiger partial charge is 0 e. The number of carbonyl (C=O) groups excluding carboxylic acids is 2. The van der Waals surface area contributed by atoms with Crippen LogP contribution in [0.1, 0.15) is 11.1 Å². The van der Waals surface area contributed by atoms with E-state index in [1.54, 1.807) is 24.7 Å². The minimum atomic E-state index is 0. The molecule has 2 nitrogen and oxygen atoms in total.